The fraction of sp³-hybridized carbons (Fsp3) is 0.0455. The van der Waals surface area contributed by atoms with Gasteiger partial charge in [-0.1, -0.05) is 79.4 Å². The minimum atomic E-state index is -3.41. The molecule has 1 heterocycles. The summed E-state index contributed by atoms with van der Waals surface area (Å²) in [6.07, 6.45) is 1.59. The van der Waals surface area contributed by atoms with Crippen molar-refractivity contribution in [1.29, 1.82) is 0 Å². The van der Waals surface area contributed by atoms with Crippen molar-refractivity contribution in [3.8, 4) is 0 Å². The number of hydrogen-bond acceptors (Lipinski definition) is 3. The van der Waals surface area contributed by atoms with Crippen molar-refractivity contribution in [3.05, 3.63) is 97.3 Å². The van der Waals surface area contributed by atoms with Gasteiger partial charge in [-0.15, -0.1) is 0 Å². The summed E-state index contributed by atoms with van der Waals surface area (Å²) in [7, 11) is -3.41. The van der Waals surface area contributed by atoms with E-state index in [9.17, 15) is 9.67 Å². The van der Waals surface area contributed by atoms with Crippen molar-refractivity contribution in [3.63, 3.8) is 0 Å². The van der Waals surface area contributed by atoms with E-state index in [-0.39, 0.29) is 0 Å². The molecule has 0 bridgehead atoms. The Morgan fingerprint density at radius 3 is 1.96 bits per heavy atom. The maximum atomic E-state index is 14.3. The molecule has 3 aromatic carbocycles. The molecule has 1 atom stereocenters. The smallest absolute Gasteiger partial charge is 0.177 e. The average molecular weight is 374 g/mol. The molecular weight excluding hydrogens is 355 g/mol. The molecule has 4 aromatic rings. The molecule has 27 heavy (non-hydrogen) atoms. The minimum Gasteiger partial charge on any atom is -0.377 e. The topological polar surface area (TPSA) is 55.1 Å². The Morgan fingerprint density at radius 2 is 1.41 bits per heavy atom. The number of fused-ring (bicyclic) bond motifs is 1. The summed E-state index contributed by atoms with van der Waals surface area (Å²) in [5, 5.41) is 12.5. The van der Waals surface area contributed by atoms with Crippen LogP contribution in [0.4, 0.5) is 0 Å². The van der Waals surface area contributed by atoms with Gasteiger partial charge in [-0.3, -0.25) is 0 Å². The lowest BCUT2D eigenvalue weighted by Gasteiger charge is -2.24. The zero-order valence-electron chi connectivity index (χ0n) is 14.6. The molecule has 134 valence electrons. The number of nitrogens with zero attached hydrogens (tertiary/aromatic N) is 2. The second-order valence-corrected chi connectivity index (χ2v) is 9.05. The first-order chi connectivity index (χ1) is 13.2. The van der Waals surface area contributed by atoms with E-state index in [4.69, 9.17) is 0 Å². The maximum Gasteiger partial charge on any atom is 0.177 e. The summed E-state index contributed by atoms with van der Waals surface area (Å²) in [6, 6.07) is 25.7. The van der Waals surface area contributed by atoms with Crippen LogP contribution in [0.15, 0.2) is 91.5 Å². The van der Waals surface area contributed by atoms with Crippen molar-refractivity contribution in [2.24, 2.45) is 0 Å². The first-order valence-electron chi connectivity index (χ1n) is 8.64. The van der Waals surface area contributed by atoms with Gasteiger partial charge in [0.2, 0.25) is 0 Å². The van der Waals surface area contributed by atoms with Crippen LogP contribution < -0.4 is 10.6 Å². The highest BCUT2D eigenvalue weighted by Gasteiger charge is 2.39. The molecule has 5 heteroatoms. The van der Waals surface area contributed by atoms with E-state index < -0.39 is 13.0 Å². The molecule has 0 radical (unpaired) electrons. The normalized spacial score (nSPS) is 12.8. The van der Waals surface area contributed by atoms with Gasteiger partial charge in [-0.25, -0.2) is 4.98 Å². The zero-order chi connectivity index (χ0) is 18.9. The van der Waals surface area contributed by atoms with Crippen LogP contribution >= 0.6 is 7.14 Å². The molecule has 0 saturated heterocycles. The van der Waals surface area contributed by atoms with Crippen LogP contribution in [0.5, 0.6) is 0 Å². The Bertz CT molecular complexity index is 1090. The van der Waals surface area contributed by atoms with Crippen LogP contribution in [0.25, 0.3) is 17.2 Å². The maximum absolute atomic E-state index is 14.3. The van der Waals surface area contributed by atoms with E-state index in [2.05, 4.69) is 11.6 Å². The number of benzene rings is 3. The highest BCUT2D eigenvalue weighted by molar-refractivity contribution is 7.78. The SMILES string of the molecule is C=Cn1c(C(O)P(=O)(c2ccccc2)c2ccccc2)nc2ccccc21. The van der Waals surface area contributed by atoms with Crippen molar-refractivity contribution >= 4 is 35.0 Å². The molecule has 0 amide bonds. The first-order valence-corrected chi connectivity index (χ1v) is 10.4. The predicted molar refractivity (Wildman–Crippen MR) is 111 cm³/mol. The fourth-order valence-electron chi connectivity index (χ4n) is 3.33. The van der Waals surface area contributed by atoms with Gasteiger partial charge in [0.05, 0.1) is 11.0 Å². The summed E-state index contributed by atoms with van der Waals surface area (Å²) < 4.78 is 16.0. The van der Waals surface area contributed by atoms with Gasteiger partial charge in [0.25, 0.3) is 0 Å². The summed E-state index contributed by atoms with van der Waals surface area (Å²) in [5.74, 6) is -0.977. The van der Waals surface area contributed by atoms with Gasteiger partial charge in [0, 0.05) is 16.8 Å². The van der Waals surface area contributed by atoms with E-state index in [0.29, 0.717) is 16.4 Å². The molecule has 1 aromatic heterocycles. The molecule has 0 fully saturated rings. The van der Waals surface area contributed by atoms with Gasteiger partial charge in [-0.2, -0.15) is 0 Å². The fourth-order valence-corrected chi connectivity index (χ4v) is 5.93. The molecule has 0 aliphatic heterocycles. The number of hydrogen-bond donors (Lipinski definition) is 1. The van der Waals surface area contributed by atoms with Crippen molar-refractivity contribution in [2.45, 2.75) is 5.85 Å². The third-order valence-corrected chi connectivity index (χ3v) is 7.71. The summed E-state index contributed by atoms with van der Waals surface area (Å²) in [5.41, 5.74) is 1.54. The van der Waals surface area contributed by atoms with Gasteiger partial charge in [0.15, 0.2) is 18.8 Å². The average Bonchev–Trinajstić information content (AvgIpc) is 3.12. The van der Waals surface area contributed by atoms with Crippen LogP contribution in [0.2, 0.25) is 0 Å². The number of aliphatic hydroxyl groups excluding tert-OH is 1. The van der Waals surface area contributed by atoms with Gasteiger partial charge >= 0.3 is 0 Å². The number of para-hydroxylation sites is 2. The van der Waals surface area contributed by atoms with Crippen molar-refractivity contribution < 1.29 is 9.67 Å². The van der Waals surface area contributed by atoms with E-state index in [1.54, 1.807) is 35.0 Å². The monoisotopic (exact) mass is 374 g/mol. The Balaban J connectivity index is 1.97. The second kappa shape index (κ2) is 6.99. The Labute approximate surface area is 157 Å². The lowest BCUT2D eigenvalue weighted by molar-refractivity contribution is 0.246. The van der Waals surface area contributed by atoms with Crippen LogP contribution in [0.1, 0.15) is 11.7 Å². The number of imidazole rings is 1. The third-order valence-electron chi connectivity index (χ3n) is 4.66. The van der Waals surface area contributed by atoms with Crippen molar-refractivity contribution in [2.75, 3.05) is 0 Å². The largest absolute Gasteiger partial charge is 0.377 e. The van der Waals surface area contributed by atoms with Crippen LogP contribution in [0, 0.1) is 0 Å². The molecule has 0 saturated carbocycles. The lowest BCUT2D eigenvalue weighted by Crippen LogP contribution is -2.22. The lowest BCUT2D eigenvalue weighted by atomic mass is 10.3. The van der Waals surface area contributed by atoms with Crippen LogP contribution in [0.3, 0.4) is 0 Å². The standard InChI is InChI=1S/C22H19N2O2P/c1-2-24-20-16-10-9-15-19(20)23-21(24)22(25)27(26,17-11-5-3-6-12-17)18-13-7-4-8-14-18/h2-16,22,25H,1H2. The van der Waals surface area contributed by atoms with E-state index in [0.717, 1.165) is 11.0 Å². The van der Waals surface area contributed by atoms with E-state index >= 15 is 0 Å². The first kappa shape index (κ1) is 17.5. The van der Waals surface area contributed by atoms with E-state index in [1.165, 1.54) is 0 Å². The molecule has 0 aliphatic rings. The number of aromatic nitrogens is 2. The second-order valence-electron chi connectivity index (χ2n) is 6.21. The van der Waals surface area contributed by atoms with Gasteiger partial charge in [0.1, 0.15) is 0 Å². The molecule has 0 spiro atoms. The zero-order valence-corrected chi connectivity index (χ0v) is 15.5. The Kier molecular flexibility index (Phi) is 4.53. The highest BCUT2D eigenvalue weighted by atomic mass is 31.2. The summed E-state index contributed by atoms with van der Waals surface area (Å²) >= 11 is 0. The molecule has 1 N–H and O–H groups in total. The minimum absolute atomic E-state index is 0.322. The van der Waals surface area contributed by atoms with Crippen LogP contribution in [-0.4, -0.2) is 14.7 Å². The number of rotatable bonds is 5. The van der Waals surface area contributed by atoms with E-state index in [1.807, 2.05) is 60.7 Å². The summed E-state index contributed by atoms with van der Waals surface area (Å²) in [6.45, 7) is 3.85. The summed E-state index contributed by atoms with van der Waals surface area (Å²) in [4.78, 5) is 4.57. The van der Waals surface area contributed by atoms with Crippen LogP contribution in [-0.2, 0) is 4.57 Å². The van der Waals surface area contributed by atoms with Gasteiger partial charge < -0.3 is 14.2 Å². The highest BCUT2D eigenvalue weighted by Crippen LogP contribution is 2.55. The van der Waals surface area contributed by atoms with Crippen molar-refractivity contribution in [1.82, 2.24) is 9.55 Å². The molecular formula is C22H19N2O2P. The molecule has 1 unspecified atom stereocenters. The quantitative estimate of drug-likeness (QED) is 0.534. The molecule has 4 nitrogen and oxygen atoms in total. The molecule has 4 rings (SSSR count). The predicted octanol–water partition coefficient (Wildman–Crippen LogP) is 4.14. The van der Waals surface area contributed by atoms with Gasteiger partial charge in [-0.05, 0) is 12.1 Å². The molecule has 0 aliphatic carbocycles. The Morgan fingerprint density at radius 1 is 0.889 bits per heavy atom. The third kappa shape index (κ3) is 2.84. The number of aliphatic hydroxyl groups is 1. The Hall–Kier alpha value is -2.94.